The van der Waals surface area contributed by atoms with E-state index in [1.807, 2.05) is 24.5 Å². The van der Waals surface area contributed by atoms with Crippen molar-refractivity contribution in [2.45, 2.75) is 56.9 Å². The van der Waals surface area contributed by atoms with Crippen LogP contribution in [-0.4, -0.2) is 33.6 Å². The van der Waals surface area contributed by atoms with Crippen molar-refractivity contribution in [2.24, 2.45) is 5.92 Å². The Bertz CT molecular complexity index is 479. The van der Waals surface area contributed by atoms with Gasteiger partial charge in [-0.1, -0.05) is 12.8 Å². The molecule has 0 bridgehead atoms. The third kappa shape index (κ3) is 3.42. The van der Waals surface area contributed by atoms with Crippen LogP contribution in [0.25, 0.3) is 0 Å². The Morgan fingerprint density at radius 1 is 1.33 bits per heavy atom. The number of hydrogen-bond acceptors (Lipinski definition) is 3. The van der Waals surface area contributed by atoms with Crippen LogP contribution in [0, 0.1) is 5.92 Å². The van der Waals surface area contributed by atoms with Crippen LogP contribution in [0.15, 0.2) is 24.5 Å². The molecule has 2 aliphatic rings. The van der Waals surface area contributed by atoms with Gasteiger partial charge in [0.2, 0.25) is 5.91 Å². The molecule has 0 aromatic carbocycles. The molecule has 114 valence electrons. The lowest BCUT2D eigenvalue weighted by Crippen LogP contribution is -2.43. The molecule has 21 heavy (non-hydrogen) atoms. The summed E-state index contributed by atoms with van der Waals surface area (Å²) >= 11 is 1.72. The van der Waals surface area contributed by atoms with Crippen LogP contribution in [-0.2, 0) is 10.5 Å². The molecular weight excluding hydrogens is 280 g/mol. The zero-order valence-corrected chi connectivity index (χ0v) is 13.5. The van der Waals surface area contributed by atoms with E-state index in [1.165, 1.54) is 37.7 Å². The van der Waals surface area contributed by atoms with E-state index in [0.717, 1.165) is 11.7 Å². The van der Waals surface area contributed by atoms with Crippen molar-refractivity contribution < 1.29 is 4.79 Å². The third-order valence-electron chi connectivity index (χ3n) is 4.88. The summed E-state index contributed by atoms with van der Waals surface area (Å²) in [6.07, 6.45) is 10.0. The molecule has 1 aromatic heterocycles. The van der Waals surface area contributed by atoms with Gasteiger partial charge < -0.3 is 4.90 Å². The van der Waals surface area contributed by atoms with Gasteiger partial charge >= 0.3 is 0 Å². The van der Waals surface area contributed by atoms with Gasteiger partial charge in [0, 0.05) is 30.2 Å². The highest BCUT2D eigenvalue weighted by Crippen LogP contribution is 2.39. The summed E-state index contributed by atoms with van der Waals surface area (Å²) in [6, 6.07) is 5.01. The summed E-state index contributed by atoms with van der Waals surface area (Å²) < 4.78 is 0. The highest BCUT2D eigenvalue weighted by Gasteiger charge is 2.42. The number of carbonyl (C=O) groups is 1. The monoisotopic (exact) mass is 304 g/mol. The number of fused-ring (bicyclic) bond motifs is 1. The lowest BCUT2D eigenvalue weighted by atomic mass is 9.85. The van der Waals surface area contributed by atoms with E-state index in [-0.39, 0.29) is 0 Å². The van der Waals surface area contributed by atoms with Gasteiger partial charge in [-0.2, -0.15) is 0 Å². The lowest BCUT2D eigenvalue weighted by molar-refractivity contribution is -0.131. The van der Waals surface area contributed by atoms with Crippen LogP contribution < -0.4 is 0 Å². The topological polar surface area (TPSA) is 33.2 Å². The van der Waals surface area contributed by atoms with E-state index in [9.17, 15) is 4.79 Å². The van der Waals surface area contributed by atoms with Crippen LogP contribution >= 0.6 is 11.8 Å². The SMILES string of the molecule is CC1CC2CCCCC2N1C(=O)CSCc1ccncc1. The molecule has 2 heterocycles. The zero-order chi connectivity index (χ0) is 14.7. The number of pyridine rings is 1. The van der Waals surface area contributed by atoms with Crippen molar-refractivity contribution in [3.8, 4) is 0 Å². The van der Waals surface area contributed by atoms with Gasteiger partial charge in [-0.3, -0.25) is 9.78 Å². The lowest BCUT2D eigenvalue weighted by Gasteiger charge is -2.33. The summed E-state index contributed by atoms with van der Waals surface area (Å²) in [4.78, 5) is 18.8. The van der Waals surface area contributed by atoms with E-state index in [1.54, 1.807) is 11.8 Å². The first-order chi connectivity index (χ1) is 10.3. The Balaban J connectivity index is 1.52. The molecule has 0 N–H and O–H groups in total. The van der Waals surface area contributed by atoms with Gasteiger partial charge in [0.15, 0.2) is 0 Å². The maximum Gasteiger partial charge on any atom is 0.233 e. The number of carbonyl (C=O) groups excluding carboxylic acids is 1. The number of rotatable bonds is 4. The first-order valence-electron chi connectivity index (χ1n) is 8.03. The molecule has 2 fully saturated rings. The minimum Gasteiger partial charge on any atom is -0.336 e. The number of likely N-dealkylation sites (tertiary alicyclic amines) is 1. The van der Waals surface area contributed by atoms with Crippen molar-refractivity contribution in [2.75, 3.05) is 5.75 Å². The van der Waals surface area contributed by atoms with Crippen LogP contribution in [0.4, 0.5) is 0 Å². The van der Waals surface area contributed by atoms with Crippen LogP contribution in [0.1, 0.15) is 44.6 Å². The maximum atomic E-state index is 12.6. The summed E-state index contributed by atoms with van der Waals surface area (Å²) in [7, 11) is 0. The average Bonchev–Trinajstić information content (AvgIpc) is 2.84. The minimum absolute atomic E-state index is 0.343. The fourth-order valence-corrected chi connectivity index (χ4v) is 4.80. The fourth-order valence-electron chi connectivity index (χ4n) is 3.95. The molecule has 3 atom stereocenters. The van der Waals surface area contributed by atoms with Crippen molar-refractivity contribution in [1.29, 1.82) is 0 Å². The predicted octanol–water partition coefficient (Wildman–Crippen LogP) is 3.49. The number of thioether (sulfide) groups is 1. The third-order valence-corrected chi connectivity index (χ3v) is 5.87. The summed E-state index contributed by atoms with van der Waals surface area (Å²) in [5.74, 6) is 2.61. The number of aromatic nitrogens is 1. The van der Waals surface area contributed by atoms with Crippen molar-refractivity contribution in [3.63, 3.8) is 0 Å². The van der Waals surface area contributed by atoms with Gasteiger partial charge in [-0.05, 0) is 49.8 Å². The predicted molar refractivity (Wildman–Crippen MR) is 87.1 cm³/mol. The van der Waals surface area contributed by atoms with Gasteiger partial charge in [-0.15, -0.1) is 11.8 Å². The first kappa shape index (κ1) is 14.9. The van der Waals surface area contributed by atoms with Crippen molar-refractivity contribution >= 4 is 17.7 Å². The summed E-state index contributed by atoms with van der Waals surface area (Å²) in [6.45, 7) is 2.23. The quantitative estimate of drug-likeness (QED) is 0.853. The Morgan fingerprint density at radius 3 is 2.90 bits per heavy atom. The molecule has 3 nitrogen and oxygen atoms in total. The standard InChI is InChI=1S/C17H24N2OS/c1-13-10-15-4-2-3-5-16(15)19(13)17(20)12-21-11-14-6-8-18-9-7-14/h6-9,13,15-16H,2-5,10-12H2,1H3. The Morgan fingerprint density at radius 2 is 2.10 bits per heavy atom. The highest BCUT2D eigenvalue weighted by molar-refractivity contribution is 7.99. The molecule has 3 rings (SSSR count). The average molecular weight is 304 g/mol. The van der Waals surface area contributed by atoms with Crippen LogP contribution in [0.5, 0.6) is 0 Å². The molecule has 1 aliphatic carbocycles. The van der Waals surface area contributed by atoms with Crippen molar-refractivity contribution in [3.05, 3.63) is 30.1 Å². The van der Waals surface area contributed by atoms with Gasteiger partial charge in [0.1, 0.15) is 0 Å². The van der Waals surface area contributed by atoms with E-state index in [0.29, 0.717) is 23.7 Å². The number of nitrogens with zero attached hydrogens (tertiary/aromatic N) is 2. The molecule has 4 heteroatoms. The van der Waals surface area contributed by atoms with Gasteiger partial charge in [-0.25, -0.2) is 0 Å². The minimum atomic E-state index is 0.343. The summed E-state index contributed by atoms with van der Waals surface area (Å²) in [5.41, 5.74) is 1.24. The second-order valence-corrected chi connectivity index (χ2v) is 7.33. The van der Waals surface area contributed by atoms with E-state index in [4.69, 9.17) is 0 Å². The Hall–Kier alpha value is -1.03. The van der Waals surface area contributed by atoms with Crippen molar-refractivity contribution in [1.82, 2.24) is 9.88 Å². The van der Waals surface area contributed by atoms with E-state index >= 15 is 0 Å². The largest absolute Gasteiger partial charge is 0.336 e. The van der Waals surface area contributed by atoms with Gasteiger partial charge in [0.25, 0.3) is 0 Å². The highest BCUT2D eigenvalue weighted by atomic mass is 32.2. The maximum absolute atomic E-state index is 12.6. The van der Waals surface area contributed by atoms with Crippen LogP contribution in [0.3, 0.4) is 0 Å². The zero-order valence-electron chi connectivity index (χ0n) is 12.7. The van der Waals surface area contributed by atoms with Gasteiger partial charge in [0.05, 0.1) is 5.75 Å². The smallest absolute Gasteiger partial charge is 0.233 e. The number of hydrogen-bond donors (Lipinski definition) is 0. The number of amides is 1. The van der Waals surface area contributed by atoms with E-state index < -0.39 is 0 Å². The second kappa shape index (κ2) is 6.82. The normalized spacial score (nSPS) is 28.4. The molecule has 0 radical (unpaired) electrons. The molecule has 1 amide bonds. The molecular formula is C17H24N2OS. The Kier molecular flexibility index (Phi) is 4.84. The van der Waals surface area contributed by atoms with Crippen LogP contribution in [0.2, 0.25) is 0 Å². The molecule has 1 saturated heterocycles. The molecule has 1 aromatic rings. The summed E-state index contributed by atoms with van der Waals surface area (Å²) in [5, 5.41) is 0. The van der Waals surface area contributed by atoms with E-state index in [2.05, 4.69) is 16.8 Å². The first-order valence-corrected chi connectivity index (χ1v) is 9.19. The molecule has 0 spiro atoms. The molecule has 3 unspecified atom stereocenters. The Labute approximate surface area is 131 Å². The molecule has 1 saturated carbocycles. The molecule has 1 aliphatic heterocycles. The fraction of sp³-hybridized carbons (Fsp3) is 0.647. The second-order valence-electron chi connectivity index (χ2n) is 6.35.